The highest BCUT2D eigenvalue weighted by atomic mass is 19.3. The molecule has 2 N–H and O–H groups in total. The zero-order chi connectivity index (χ0) is 11.3. The Kier molecular flexibility index (Phi) is 4.49. The summed E-state index contributed by atoms with van der Waals surface area (Å²) in [6, 6.07) is 4.45. The highest BCUT2D eigenvalue weighted by Crippen LogP contribution is 2.26. The van der Waals surface area contributed by atoms with Crippen molar-refractivity contribution in [3.8, 4) is 5.75 Å². The largest absolute Gasteiger partial charge is 0.496 e. The third-order valence-electron chi connectivity index (χ3n) is 2.21. The number of hydrogen-bond donors (Lipinski definition) is 1. The molecule has 0 saturated carbocycles. The molecule has 1 aromatic rings. The first kappa shape index (κ1) is 11.9. The maximum atomic E-state index is 12.4. The molecule has 0 spiro atoms. The van der Waals surface area contributed by atoms with Gasteiger partial charge in [0, 0.05) is 5.56 Å². The van der Waals surface area contributed by atoms with Crippen molar-refractivity contribution in [1.82, 2.24) is 0 Å². The van der Waals surface area contributed by atoms with Crippen molar-refractivity contribution < 1.29 is 13.5 Å². The molecule has 0 atom stereocenters. The smallest absolute Gasteiger partial charge is 0.263 e. The molecule has 15 heavy (non-hydrogen) atoms. The van der Waals surface area contributed by atoms with Gasteiger partial charge in [-0.3, -0.25) is 0 Å². The second-order valence-electron chi connectivity index (χ2n) is 3.26. The second kappa shape index (κ2) is 5.66. The molecule has 1 aromatic carbocycles. The van der Waals surface area contributed by atoms with E-state index in [0.29, 0.717) is 18.7 Å². The van der Waals surface area contributed by atoms with Gasteiger partial charge in [0.25, 0.3) is 6.43 Å². The first-order chi connectivity index (χ1) is 7.19. The van der Waals surface area contributed by atoms with Gasteiger partial charge in [-0.2, -0.15) is 0 Å². The third-order valence-corrected chi connectivity index (χ3v) is 2.21. The molecule has 1 rings (SSSR count). The van der Waals surface area contributed by atoms with Crippen LogP contribution in [0.15, 0.2) is 18.2 Å². The number of halogens is 2. The van der Waals surface area contributed by atoms with Gasteiger partial charge in [0.15, 0.2) is 0 Å². The first-order valence-electron chi connectivity index (χ1n) is 4.84. The molecule has 0 fully saturated rings. The lowest BCUT2D eigenvalue weighted by Gasteiger charge is -2.10. The van der Waals surface area contributed by atoms with Crippen LogP contribution in [0, 0.1) is 0 Å². The van der Waals surface area contributed by atoms with Crippen LogP contribution in [-0.4, -0.2) is 13.7 Å². The normalized spacial score (nSPS) is 10.7. The van der Waals surface area contributed by atoms with Crippen molar-refractivity contribution in [3.63, 3.8) is 0 Å². The fourth-order valence-electron chi connectivity index (χ4n) is 1.42. The van der Waals surface area contributed by atoms with Crippen molar-refractivity contribution in [3.05, 3.63) is 29.3 Å². The fraction of sp³-hybridized carbons (Fsp3) is 0.455. The van der Waals surface area contributed by atoms with Crippen molar-refractivity contribution in [1.29, 1.82) is 0 Å². The Morgan fingerprint density at radius 3 is 2.67 bits per heavy atom. The topological polar surface area (TPSA) is 35.2 Å². The van der Waals surface area contributed by atoms with Crippen LogP contribution in [-0.2, 0) is 6.42 Å². The van der Waals surface area contributed by atoms with Crippen LogP contribution in [0.3, 0.4) is 0 Å². The monoisotopic (exact) mass is 215 g/mol. The summed E-state index contributed by atoms with van der Waals surface area (Å²) in [5.41, 5.74) is 6.20. The highest BCUT2D eigenvalue weighted by Gasteiger charge is 2.10. The van der Waals surface area contributed by atoms with Gasteiger partial charge in [-0.15, -0.1) is 0 Å². The van der Waals surface area contributed by atoms with Crippen LogP contribution in [0.5, 0.6) is 5.75 Å². The predicted molar refractivity (Wildman–Crippen MR) is 55.3 cm³/mol. The van der Waals surface area contributed by atoms with E-state index in [9.17, 15) is 8.78 Å². The number of hydrogen-bond acceptors (Lipinski definition) is 2. The van der Waals surface area contributed by atoms with Crippen molar-refractivity contribution in [2.45, 2.75) is 19.3 Å². The molecule has 0 heterocycles. The lowest BCUT2D eigenvalue weighted by atomic mass is 10.1. The zero-order valence-electron chi connectivity index (χ0n) is 8.67. The molecule has 0 radical (unpaired) electrons. The highest BCUT2D eigenvalue weighted by molar-refractivity contribution is 5.37. The molecule has 4 heteroatoms. The summed E-state index contributed by atoms with van der Waals surface area (Å²) in [6.07, 6.45) is -1.00. The van der Waals surface area contributed by atoms with Crippen LogP contribution in [0.25, 0.3) is 0 Å². The van der Waals surface area contributed by atoms with Crippen LogP contribution >= 0.6 is 0 Å². The van der Waals surface area contributed by atoms with E-state index in [1.807, 2.05) is 0 Å². The first-order valence-corrected chi connectivity index (χ1v) is 4.84. The average Bonchev–Trinajstić information content (AvgIpc) is 2.25. The Morgan fingerprint density at radius 2 is 2.13 bits per heavy atom. The summed E-state index contributed by atoms with van der Waals surface area (Å²) in [4.78, 5) is 0. The van der Waals surface area contributed by atoms with Gasteiger partial charge in [-0.05, 0) is 43.1 Å². The minimum Gasteiger partial charge on any atom is -0.496 e. The van der Waals surface area contributed by atoms with Gasteiger partial charge in [0.1, 0.15) is 5.75 Å². The third kappa shape index (κ3) is 3.16. The Morgan fingerprint density at radius 1 is 1.40 bits per heavy atom. The lowest BCUT2D eigenvalue weighted by Crippen LogP contribution is -2.02. The molecule has 0 aliphatic heterocycles. The van der Waals surface area contributed by atoms with Gasteiger partial charge < -0.3 is 10.5 Å². The summed E-state index contributed by atoms with van der Waals surface area (Å²) < 4.78 is 30.0. The van der Waals surface area contributed by atoms with Crippen LogP contribution in [0.4, 0.5) is 8.78 Å². The Hall–Kier alpha value is -1.16. The van der Waals surface area contributed by atoms with Crippen molar-refractivity contribution >= 4 is 0 Å². The van der Waals surface area contributed by atoms with Gasteiger partial charge in [-0.25, -0.2) is 8.78 Å². The summed E-state index contributed by atoms with van der Waals surface area (Å²) in [7, 11) is 1.53. The number of benzene rings is 1. The molecular weight excluding hydrogens is 200 g/mol. The van der Waals surface area contributed by atoms with E-state index in [1.54, 1.807) is 6.07 Å². The number of aryl methyl sites for hydroxylation is 1. The minimum atomic E-state index is -2.44. The number of methoxy groups -OCH3 is 1. The lowest BCUT2D eigenvalue weighted by molar-refractivity contribution is 0.151. The maximum Gasteiger partial charge on any atom is 0.263 e. The van der Waals surface area contributed by atoms with Crippen LogP contribution in [0.1, 0.15) is 24.0 Å². The molecule has 2 nitrogen and oxygen atoms in total. The molecule has 0 amide bonds. The van der Waals surface area contributed by atoms with Crippen molar-refractivity contribution in [2.24, 2.45) is 5.73 Å². The van der Waals surface area contributed by atoms with Gasteiger partial charge in [0.2, 0.25) is 0 Å². The van der Waals surface area contributed by atoms with E-state index < -0.39 is 6.43 Å². The minimum absolute atomic E-state index is 0.0304. The maximum absolute atomic E-state index is 12.4. The van der Waals surface area contributed by atoms with Crippen LogP contribution < -0.4 is 10.5 Å². The quantitative estimate of drug-likeness (QED) is 0.819. The standard InChI is InChI=1S/C11H15F2NO/c1-15-10-5-4-9(11(12)13)7-8(10)3-2-6-14/h4-5,7,11H,2-3,6,14H2,1H3. The number of rotatable bonds is 5. The molecule has 0 bridgehead atoms. The van der Waals surface area contributed by atoms with E-state index in [4.69, 9.17) is 10.5 Å². The van der Waals surface area contributed by atoms with E-state index in [2.05, 4.69) is 0 Å². The molecule has 0 aliphatic carbocycles. The molecule has 0 aromatic heterocycles. The predicted octanol–water partition coefficient (Wildman–Crippen LogP) is 2.52. The second-order valence-corrected chi connectivity index (χ2v) is 3.26. The van der Waals surface area contributed by atoms with Crippen molar-refractivity contribution in [2.75, 3.05) is 13.7 Å². The molecule has 84 valence electrons. The van der Waals surface area contributed by atoms with Gasteiger partial charge >= 0.3 is 0 Å². The molecule has 0 saturated heterocycles. The molecule has 0 aliphatic rings. The zero-order valence-corrected chi connectivity index (χ0v) is 8.67. The Balaban J connectivity index is 2.91. The summed E-state index contributed by atoms with van der Waals surface area (Å²) in [5.74, 6) is 0.646. The number of nitrogens with two attached hydrogens (primary N) is 1. The summed E-state index contributed by atoms with van der Waals surface area (Å²) >= 11 is 0. The number of ether oxygens (including phenoxy) is 1. The van der Waals surface area contributed by atoms with Gasteiger partial charge in [0.05, 0.1) is 7.11 Å². The average molecular weight is 215 g/mol. The van der Waals surface area contributed by atoms with E-state index >= 15 is 0 Å². The summed E-state index contributed by atoms with van der Waals surface area (Å²) in [6.45, 7) is 0.544. The van der Waals surface area contributed by atoms with Gasteiger partial charge in [-0.1, -0.05) is 0 Å². The van der Waals surface area contributed by atoms with E-state index in [1.165, 1.54) is 19.2 Å². The fourth-order valence-corrected chi connectivity index (χ4v) is 1.42. The Bertz CT molecular complexity index is 315. The number of alkyl halides is 2. The summed E-state index contributed by atoms with van der Waals surface area (Å²) in [5, 5.41) is 0. The SMILES string of the molecule is COc1ccc(C(F)F)cc1CCCN. The van der Waals surface area contributed by atoms with E-state index in [-0.39, 0.29) is 5.56 Å². The van der Waals surface area contributed by atoms with E-state index in [0.717, 1.165) is 12.0 Å². The molecule has 0 unspecified atom stereocenters. The van der Waals surface area contributed by atoms with Crippen LogP contribution in [0.2, 0.25) is 0 Å². The molecular formula is C11H15F2NO. The Labute approximate surface area is 88.0 Å².